The Balaban J connectivity index is 1.62. The number of carbonyl (C=O) groups is 2. The molecular weight excluding hydrogens is 364 g/mol. The first-order chi connectivity index (χ1) is 12.9. The van der Waals surface area contributed by atoms with E-state index in [1.54, 1.807) is 10.3 Å². The summed E-state index contributed by atoms with van der Waals surface area (Å²) < 4.78 is 5.65. The van der Waals surface area contributed by atoms with Gasteiger partial charge in [-0.3, -0.25) is 9.59 Å². The minimum absolute atomic E-state index is 0.0777. The summed E-state index contributed by atoms with van der Waals surface area (Å²) in [5, 5.41) is 11.5. The van der Waals surface area contributed by atoms with Gasteiger partial charge in [0.2, 0.25) is 0 Å². The second-order valence-corrected chi connectivity index (χ2v) is 7.92. The van der Waals surface area contributed by atoms with Gasteiger partial charge in [0, 0.05) is 30.5 Å². The lowest BCUT2D eigenvalue weighted by molar-refractivity contribution is -0.138. The van der Waals surface area contributed by atoms with Crippen LogP contribution in [0.1, 0.15) is 43.6 Å². The summed E-state index contributed by atoms with van der Waals surface area (Å²) in [6.07, 6.45) is 1.76. The maximum Gasteiger partial charge on any atom is 0.303 e. The number of aromatic nitrogens is 1. The normalized spacial score (nSPS) is 15.1. The van der Waals surface area contributed by atoms with E-state index in [1.165, 1.54) is 11.3 Å². The van der Waals surface area contributed by atoms with Crippen LogP contribution in [0.4, 0.5) is 0 Å². The van der Waals surface area contributed by atoms with Gasteiger partial charge in [0.1, 0.15) is 16.5 Å². The van der Waals surface area contributed by atoms with Gasteiger partial charge in [-0.1, -0.05) is 0 Å². The molecule has 2 aromatic rings. The molecule has 0 atom stereocenters. The highest BCUT2D eigenvalue weighted by molar-refractivity contribution is 7.13. The van der Waals surface area contributed by atoms with E-state index in [-0.39, 0.29) is 24.3 Å². The van der Waals surface area contributed by atoms with Crippen molar-refractivity contribution in [1.29, 1.82) is 0 Å². The number of aliphatic carboxylic acids is 1. The van der Waals surface area contributed by atoms with E-state index in [9.17, 15) is 9.59 Å². The number of hydrogen-bond acceptors (Lipinski definition) is 5. The van der Waals surface area contributed by atoms with Crippen LogP contribution in [-0.4, -0.2) is 46.1 Å². The van der Waals surface area contributed by atoms with Gasteiger partial charge >= 0.3 is 5.97 Å². The van der Waals surface area contributed by atoms with Gasteiger partial charge in [0.25, 0.3) is 5.91 Å². The third kappa shape index (κ3) is 5.07. The molecule has 1 N–H and O–H groups in total. The molecule has 3 rings (SSSR count). The Kier molecular flexibility index (Phi) is 6.11. The summed E-state index contributed by atoms with van der Waals surface area (Å²) in [6, 6.07) is 7.71. The molecule has 0 unspecified atom stereocenters. The topological polar surface area (TPSA) is 79.7 Å². The standard InChI is InChI=1S/C20H24N2O4S/c1-13(2)26-16-5-3-15(4-6-16)19-21-17(12-27-19)20(25)22-9-7-14(8-10-22)11-18(23)24/h3-6,12-14H,7-11H2,1-2H3,(H,23,24). The fourth-order valence-corrected chi connectivity index (χ4v) is 4.00. The number of likely N-dealkylation sites (tertiary alicyclic amines) is 1. The predicted octanol–water partition coefficient (Wildman–Crippen LogP) is 3.92. The highest BCUT2D eigenvalue weighted by Gasteiger charge is 2.26. The molecule has 1 aromatic heterocycles. The van der Waals surface area contributed by atoms with Crippen molar-refractivity contribution in [2.24, 2.45) is 5.92 Å². The number of carbonyl (C=O) groups excluding carboxylic acids is 1. The van der Waals surface area contributed by atoms with Crippen LogP contribution < -0.4 is 4.74 Å². The Bertz CT molecular complexity index is 793. The molecule has 1 fully saturated rings. The van der Waals surface area contributed by atoms with Crippen LogP contribution in [0.3, 0.4) is 0 Å². The van der Waals surface area contributed by atoms with E-state index in [4.69, 9.17) is 9.84 Å². The molecule has 1 aliphatic heterocycles. The van der Waals surface area contributed by atoms with Crippen molar-refractivity contribution < 1.29 is 19.4 Å². The Morgan fingerprint density at radius 3 is 2.52 bits per heavy atom. The van der Waals surface area contributed by atoms with Crippen molar-refractivity contribution in [3.63, 3.8) is 0 Å². The summed E-state index contributed by atoms with van der Waals surface area (Å²) in [6.45, 7) is 5.14. The van der Waals surface area contributed by atoms with E-state index in [1.807, 2.05) is 38.1 Å². The Labute approximate surface area is 162 Å². The third-order valence-corrected chi connectivity index (χ3v) is 5.45. The number of ether oxygens (including phenoxy) is 1. The largest absolute Gasteiger partial charge is 0.491 e. The van der Waals surface area contributed by atoms with Crippen molar-refractivity contribution in [3.8, 4) is 16.3 Å². The maximum absolute atomic E-state index is 12.7. The number of piperidine rings is 1. The van der Waals surface area contributed by atoms with E-state index >= 15 is 0 Å². The molecule has 0 aliphatic carbocycles. The lowest BCUT2D eigenvalue weighted by Crippen LogP contribution is -2.39. The average Bonchev–Trinajstić information content (AvgIpc) is 3.11. The number of thiazole rings is 1. The lowest BCUT2D eigenvalue weighted by Gasteiger charge is -2.30. The van der Waals surface area contributed by atoms with E-state index in [0.717, 1.165) is 29.2 Å². The molecule has 0 spiro atoms. The van der Waals surface area contributed by atoms with Crippen LogP contribution in [0.5, 0.6) is 5.75 Å². The van der Waals surface area contributed by atoms with Crippen LogP contribution in [0.2, 0.25) is 0 Å². The van der Waals surface area contributed by atoms with Crippen LogP contribution in [0.25, 0.3) is 10.6 Å². The Morgan fingerprint density at radius 1 is 1.26 bits per heavy atom. The zero-order valence-corrected chi connectivity index (χ0v) is 16.4. The highest BCUT2D eigenvalue weighted by atomic mass is 32.1. The van der Waals surface area contributed by atoms with Crippen LogP contribution in [0.15, 0.2) is 29.6 Å². The molecule has 27 heavy (non-hydrogen) atoms. The summed E-state index contributed by atoms with van der Waals surface area (Å²) in [5.41, 5.74) is 1.41. The molecule has 0 saturated carbocycles. The van der Waals surface area contributed by atoms with Crippen molar-refractivity contribution in [3.05, 3.63) is 35.3 Å². The SMILES string of the molecule is CC(C)Oc1ccc(-c2nc(C(=O)N3CCC(CC(=O)O)CC3)cs2)cc1. The van der Waals surface area contributed by atoms with Gasteiger partial charge in [-0.15, -0.1) is 11.3 Å². The molecule has 144 valence electrons. The van der Waals surface area contributed by atoms with E-state index < -0.39 is 5.97 Å². The molecule has 1 amide bonds. The fraction of sp³-hybridized carbons (Fsp3) is 0.450. The van der Waals surface area contributed by atoms with Crippen molar-refractivity contribution in [2.75, 3.05) is 13.1 Å². The van der Waals surface area contributed by atoms with Gasteiger partial charge in [0.15, 0.2) is 0 Å². The first kappa shape index (κ1) is 19.4. The highest BCUT2D eigenvalue weighted by Crippen LogP contribution is 2.27. The summed E-state index contributed by atoms with van der Waals surface area (Å²) in [7, 11) is 0. The second-order valence-electron chi connectivity index (χ2n) is 7.06. The predicted molar refractivity (Wildman–Crippen MR) is 104 cm³/mol. The number of carboxylic acid groups (broad SMARTS) is 1. The van der Waals surface area contributed by atoms with Crippen molar-refractivity contribution in [1.82, 2.24) is 9.88 Å². The molecule has 2 heterocycles. The quantitative estimate of drug-likeness (QED) is 0.811. The van der Waals surface area contributed by atoms with Crippen molar-refractivity contribution in [2.45, 2.75) is 39.2 Å². The smallest absolute Gasteiger partial charge is 0.303 e. The molecule has 1 aromatic carbocycles. The molecular formula is C20H24N2O4S. The van der Waals surface area contributed by atoms with Gasteiger partial charge in [-0.05, 0) is 56.9 Å². The minimum atomic E-state index is -0.770. The molecule has 1 saturated heterocycles. The second kappa shape index (κ2) is 8.52. The van der Waals surface area contributed by atoms with E-state index in [2.05, 4.69) is 4.98 Å². The number of hydrogen-bond donors (Lipinski definition) is 1. The third-order valence-electron chi connectivity index (χ3n) is 4.56. The fourth-order valence-electron chi connectivity index (χ4n) is 3.20. The zero-order chi connectivity index (χ0) is 19.4. The summed E-state index contributed by atoms with van der Waals surface area (Å²) in [5.74, 6) is 0.120. The van der Waals surface area contributed by atoms with Crippen molar-refractivity contribution >= 4 is 23.2 Å². The average molecular weight is 388 g/mol. The molecule has 7 heteroatoms. The number of nitrogens with zero attached hydrogens (tertiary/aromatic N) is 2. The van der Waals surface area contributed by atoms with Crippen LogP contribution >= 0.6 is 11.3 Å². The van der Waals surface area contributed by atoms with Gasteiger partial charge in [0.05, 0.1) is 6.10 Å². The maximum atomic E-state index is 12.7. The van der Waals surface area contributed by atoms with Gasteiger partial charge < -0.3 is 14.7 Å². The lowest BCUT2D eigenvalue weighted by atomic mass is 9.93. The molecule has 1 aliphatic rings. The number of amides is 1. The Morgan fingerprint density at radius 2 is 1.93 bits per heavy atom. The van der Waals surface area contributed by atoms with Crippen LogP contribution in [0, 0.1) is 5.92 Å². The first-order valence-corrected chi connectivity index (χ1v) is 10.0. The molecule has 0 radical (unpaired) electrons. The van der Waals surface area contributed by atoms with Gasteiger partial charge in [-0.2, -0.15) is 0 Å². The molecule has 6 nitrogen and oxygen atoms in total. The van der Waals surface area contributed by atoms with E-state index in [0.29, 0.717) is 18.8 Å². The first-order valence-electron chi connectivity index (χ1n) is 9.16. The zero-order valence-electron chi connectivity index (χ0n) is 15.6. The number of rotatable bonds is 6. The van der Waals surface area contributed by atoms with Crippen LogP contribution in [-0.2, 0) is 4.79 Å². The monoisotopic (exact) mass is 388 g/mol. The minimum Gasteiger partial charge on any atom is -0.491 e. The Hall–Kier alpha value is -2.41. The van der Waals surface area contributed by atoms with Gasteiger partial charge in [-0.25, -0.2) is 4.98 Å². The number of carboxylic acids is 1. The summed E-state index contributed by atoms with van der Waals surface area (Å²) in [4.78, 5) is 29.8. The number of benzene rings is 1. The molecule has 0 bridgehead atoms. The summed E-state index contributed by atoms with van der Waals surface area (Å²) >= 11 is 1.45.